The normalized spacial score (nSPS) is 10.8. The van der Waals surface area contributed by atoms with Gasteiger partial charge in [0.1, 0.15) is 0 Å². The Bertz CT molecular complexity index is 778. The van der Waals surface area contributed by atoms with Gasteiger partial charge >= 0.3 is 0 Å². The molecule has 3 aromatic rings. The molecule has 2 aromatic carbocycles. The molecule has 4 heteroatoms. The van der Waals surface area contributed by atoms with Gasteiger partial charge in [-0.1, -0.05) is 46.3 Å². The van der Waals surface area contributed by atoms with E-state index in [2.05, 4.69) is 21.0 Å². The summed E-state index contributed by atoms with van der Waals surface area (Å²) < 4.78 is 2.51. The van der Waals surface area contributed by atoms with Gasteiger partial charge in [-0.05, 0) is 23.8 Å². The van der Waals surface area contributed by atoms with E-state index >= 15 is 0 Å². The van der Waals surface area contributed by atoms with E-state index in [0.29, 0.717) is 11.9 Å². The van der Waals surface area contributed by atoms with Gasteiger partial charge in [-0.25, -0.2) is 4.68 Å². The summed E-state index contributed by atoms with van der Waals surface area (Å²) >= 11 is 3.39. The van der Waals surface area contributed by atoms with Crippen LogP contribution in [0.25, 0.3) is 10.8 Å². The third kappa shape index (κ3) is 2.44. The topological polar surface area (TPSA) is 34.9 Å². The van der Waals surface area contributed by atoms with Crippen LogP contribution in [0.5, 0.6) is 0 Å². The molecule has 0 bridgehead atoms. The van der Waals surface area contributed by atoms with Crippen LogP contribution in [0.2, 0.25) is 0 Å². The largest absolute Gasteiger partial charge is 0.274 e. The lowest BCUT2D eigenvalue weighted by Gasteiger charge is -2.06. The summed E-state index contributed by atoms with van der Waals surface area (Å²) in [5.74, 6) is 0. The molecule has 0 N–H and O–H groups in total. The molecule has 0 aliphatic carbocycles. The molecular weight excluding hydrogens is 304 g/mol. The van der Waals surface area contributed by atoms with Crippen molar-refractivity contribution < 1.29 is 0 Å². The van der Waals surface area contributed by atoms with Crippen molar-refractivity contribution in [1.82, 2.24) is 9.78 Å². The molecule has 0 aliphatic heterocycles. The second-order valence-corrected chi connectivity index (χ2v) is 5.24. The van der Waals surface area contributed by atoms with Gasteiger partial charge in [-0.3, -0.25) is 4.79 Å². The van der Waals surface area contributed by atoms with Crippen molar-refractivity contribution in [3.63, 3.8) is 0 Å². The molecule has 1 aromatic heterocycles. The van der Waals surface area contributed by atoms with E-state index in [0.717, 1.165) is 15.4 Å². The van der Waals surface area contributed by atoms with Crippen molar-refractivity contribution in [2.75, 3.05) is 0 Å². The van der Waals surface area contributed by atoms with Crippen molar-refractivity contribution in [2.45, 2.75) is 6.54 Å². The quantitative estimate of drug-likeness (QED) is 0.728. The number of hydrogen-bond donors (Lipinski definition) is 0. The molecule has 3 nitrogen and oxygen atoms in total. The SMILES string of the molecule is O=c1c2ccccc2cnn1Cc1ccc(Br)cc1. The lowest BCUT2D eigenvalue weighted by Crippen LogP contribution is -2.23. The van der Waals surface area contributed by atoms with E-state index in [1.54, 1.807) is 6.20 Å². The van der Waals surface area contributed by atoms with Crippen molar-refractivity contribution in [1.29, 1.82) is 0 Å². The number of fused-ring (bicyclic) bond motifs is 1. The van der Waals surface area contributed by atoms with Crippen LogP contribution >= 0.6 is 15.9 Å². The average Bonchev–Trinajstić information content (AvgIpc) is 2.45. The summed E-state index contributed by atoms with van der Waals surface area (Å²) in [6.45, 7) is 0.483. The summed E-state index contributed by atoms with van der Waals surface area (Å²) in [4.78, 5) is 12.3. The molecule has 0 saturated carbocycles. The minimum Gasteiger partial charge on any atom is -0.267 e. The zero-order valence-electron chi connectivity index (χ0n) is 10.1. The van der Waals surface area contributed by atoms with E-state index in [9.17, 15) is 4.79 Å². The van der Waals surface area contributed by atoms with Crippen LogP contribution in [0.4, 0.5) is 0 Å². The van der Waals surface area contributed by atoms with Gasteiger partial charge in [0.15, 0.2) is 0 Å². The number of rotatable bonds is 2. The smallest absolute Gasteiger partial charge is 0.267 e. The van der Waals surface area contributed by atoms with E-state index in [1.807, 2.05) is 48.5 Å². The van der Waals surface area contributed by atoms with Gasteiger partial charge in [-0.2, -0.15) is 5.10 Å². The molecule has 0 aliphatic rings. The summed E-state index contributed by atoms with van der Waals surface area (Å²) in [5.41, 5.74) is 0.995. The van der Waals surface area contributed by atoms with Crippen LogP contribution in [0.3, 0.4) is 0 Å². The second-order valence-electron chi connectivity index (χ2n) is 4.32. The summed E-state index contributed by atoms with van der Waals surface area (Å²) in [6.07, 6.45) is 1.73. The Morgan fingerprint density at radius 3 is 2.58 bits per heavy atom. The number of aromatic nitrogens is 2. The minimum atomic E-state index is -0.0546. The molecule has 0 radical (unpaired) electrons. The first kappa shape index (κ1) is 12.1. The predicted molar refractivity (Wildman–Crippen MR) is 79.2 cm³/mol. The van der Waals surface area contributed by atoms with Crippen molar-refractivity contribution >= 4 is 26.7 Å². The highest BCUT2D eigenvalue weighted by molar-refractivity contribution is 9.10. The first-order chi connectivity index (χ1) is 9.24. The van der Waals surface area contributed by atoms with Gasteiger partial charge in [-0.15, -0.1) is 0 Å². The first-order valence-electron chi connectivity index (χ1n) is 5.93. The Labute approximate surface area is 118 Å². The molecular formula is C15H11BrN2O. The zero-order chi connectivity index (χ0) is 13.2. The third-order valence-corrected chi connectivity index (χ3v) is 3.54. The van der Waals surface area contributed by atoms with Crippen LogP contribution in [0.1, 0.15) is 5.56 Å². The van der Waals surface area contributed by atoms with E-state index in [-0.39, 0.29) is 5.56 Å². The zero-order valence-corrected chi connectivity index (χ0v) is 11.7. The number of halogens is 1. The fourth-order valence-corrected chi connectivity index (χ4v) is 2.27. The van der Waals surface area contributed by atoms with Gasteiger partial charge in [0, 0.05) is 9.86 Å². The van der Waals surface area contributed by atoms with Crippen LogP contribution in [-0.2, 0) is 6.54 Å². The van der Waals surface area contributed by atoms with E-state index in [4.69, 9.17) is 0 Å². The van der Waals surface area contributed by atoms with Gasteiger partial charge < -0.3 is 0 Å². The Morgan fingerprint density at radius 2 is 1.79 bits per heavy atom. The fourth-order valence-electron chi connectivity index (χ4n) is 2.00. The molecule has 0 fully saturated rings. The molecule has 0 atom stereocenters. The maximum Gasteiger partial charge on any atom is 0.274 e. The first-order valence-corrected chi connectivity index (χ1v) is 6.73. The van der Waals surface area contributed by atoms with Crippen molar-refractivity contribution in [3.8, 4) is 0 Å². The highest BCUT2D eigenvalue weighted by Crippen LogP contribution is 2.11. The van der Waals surface area contributed by atoms with Crippen LogP contribution in [0.15, 0.2) is 64.0 Å². The van der Waals surface area contributed by atoms with Crippen molar-refractivity contribution in [2.24, 2.45) is 0 Å². The Morgan fingerprint density at radius 1 is 1.05 bits per heavy atom. The van der Waals surface area contributed by atoms with Crippen LogP contribution < -0.4 is 5.56 Å². The fraction of sp³-hybridized carbons (Fsp3) is 0.0667. The highest BCUT2D eigenvalue weighted by atomic mass is 79.9. The summed E-state index contributed by atoms with van der Waals surface area (Å²) in [5, 5.41) is 5.79. The Balaban J connectivity index is 2.04. The maximum absolute atomic E-state index is 12.3. The molecule has 19 heavy (non-hydrogen) atoms. The number of hydrogen-bond acceptors (Lipinski definition) is 2. The number of nitrogens with zero attached hydrogens (tertiary/aromatic N) is 2. The van der Waals surface area contributed by atoms with Crippen molar-refractivity contribution in [3.05, 3.63) is 75.1 Å². The summed E-state index contributed by atoms with van der Waals surface area (Å²) in [7, 11) is 0. The van der Waals surface area contributed by atoms with Gasteiger partial charge in [0.05, 0.1) is 18.1 Å². The van der Waals surface area contributed by atoms with Crippen LogP contribution in [0, 0.1) is 0 Å². The standard InChI is InChI=1S/C15H11BrN2O/c16-13-7-5-11(6-8-13)10-18-15(19)14-4-2-1-3-12(14)9-17-18/h1-9H,10H2. The second kappa shape index (κ2) is 4.97. The Hall–Kier alpha value is -1.94. The van der Waals surface area contributed by atoms with Gasteiger partial charge in [0.2, 0.25) is 0 Å². The highest BCUT2D eigenvalue weighted by Gasteiger charge is 2.04. The molecule has 94 valence electrons. The van der Waals surface area contributed by atoms with E-state index in [1.165, 1.54) is 4.68 Å². The lowest BCUT2D eigenvalue weighted by molar-refractivity contribution is 0.647. The minimum absolute atomic E-state index is 0.0546. The monoisotopic (exact) mass is 314 g/mol. The molecule has 0 saturated heterocycles. The summed E-state index contributed by atoms with van der Waals surface area (Å²) in [6, 6.07) is 15.4. The maximum atomic E-state index is 12.3. The Kier molecular flexibility index (Phi) is 3.17. The molecule has 0 spiro atoms. The number of benzene rings is 2. The molecule has 1 heterocycles. The van der Waals surface area contributed by atoms with E-state index < -0.39 is 0 Å². The molecule has 0 amide bonds. The third-order valence-electron chi connectivity index (χ3n) is 3.01. The average molecular weight is 315 g/mol. The van der Waals surface area contributed by atoms with Gasteiger partial charge in [0.25, 0.3) is 5.56 Å². The van der Waals surface area contributed by atoms with Crippen LogP contribution in [-0.4, -0.2) is 9.78 Å². The molecule has 3 rings (SSSR count). The molecule has 0 unspecified atom stereocenters. The lowest BCUT2D eigenvalue weighted by atomic mass is 10.2. The predicted octanol–water partition coefficient (Wildman–Crippen LogP) is 3.21.